The van der Waals surface area contributed by atoms with Gasteiger partial charge in [0.15, 0.2) is 5.11 Å². The van der Waals surface area contributed by atoms with Crippen LogP contribution >= 0.6 is 12.2 Å². The van der Waals surface area contributed by atoms with Crippen LogP contribution in [0.4, 0.5) is 0 Å². The second-order valence-corrected chi connectivity index (χ2v) is 2.52. The number of hydrogen-bond donors (Lipinski definition) is 3. The molecule has 13 heavy (non-hydrogen) atoms. The molecule has 0 unspecified atom stereocenters. The van der Waals surface area contributed by atoms with Gasteiger partial charge < -0.3 is 10.4 Å². The van der Waals surface area contributed by atoms with E-state index in [4.69, 9.17) is 17.3 Å². The summed E-state index contributed by atoms with van der Waals surface area (Å²) in [4.78, 5) is 10.3. The monoisotopic (exact) mass is 201 g/mol. The molecular formula is C7H11N3O2S. The van der Waals surface area contributed by atoms with Crippen LogP contribution in [-0.2, 0) is 4.79 Å². The van der Waals surface area contributed by atoms with Gasteiger partial charge in [0.1, 0.15) is 5.71 Å². The van der Waals surface area contributed by atoms with Gasteiger partial charge in [0, 0.05) is 6.54 Å². The van der Waals surface area contributed by atoms with Crippen molar-refractivity contribution in [3.8, 4) is 0 Å². The van der Waals surface area contributed by atoms with E-state index in [1.54, 1.807) is 6.08 Å². The Balaban J connectivity index is 3.87. The summed E-state index contributed by atoms with van der Waals surface area (Å²) in [6, 6.07) is 0. The lowest BCUT2D eigenvalue weighted by molar-refractivity contribution is -0.129. The van der Waals surface area contributed by atoms with Gasteiger partial charge in [-0.1, -0.05) is 6.08 Å². The summed E-state index contributed by atoms with van der Waals surface area (Å²) in [5.74, 6) is -1.08. The first-order chi connectivity index (χ1) is 6.07. The number of nitrogens with one attached hydrogen (secondary N) is 2. The third kappa shape index (κ3) is 5.80. The maximum Gasteiger partial charge on any atom is 0.351 e. The maximum absolute atomic E-state index is 10.3. The summed E-state index contributed by atoms with van der Waals surface area (Å²) >= 11 is 4.75. The fourth-order valence-corrected chi connectivity index (χ4v) is 0.516. The van der Waals surface area contributed by atoms with Crippen LogP contribution in [0.25, 0.3) is 0 Å². The fourth-order valence-electron chi connectivity index (χ4n) is 0.387. The van der Waals surface area contributed by atoms with Gasteiger partial charge in [-0.3, -0.25) is 5.43 Å². The topological polar surface area (TPSA) is 73.7 Å². The Morgan fingerprint density at radius 2 is 2.38 bits per heavy atom. The summed E-state index contributed by atoms with van der Waals surface area (Å²) in [6.45, 7) is 5.35. The largest absolute Gasteiger partial charge is 0.477 e. The lowest BCUT2D eigenvalue weighted by Crippen LogP contribution is -2.33. The molecule has 0 fully saturated rings. The molecule has 5 nitrogen and oxygen atoms in total. The first kappa shape index (κ1) is 11.6. The highest BCUT2D eigenvalue weighted by atomic mass is 32.1. The summed E-state index contributed by atoms with van der Waals surface area (Å²) in [7, 11) is 0. The number of carbonyl (C=O) groups is 1. The second kappa shape index (κ2) is 6.13. The summed E-state index contributed by atoms with van der Waals surface area (Å²) in [5, 5.41) is 14.9. The van der Waals surface area contributed by atoms with Gasteiger partial charge in [-0.2, -0.15) is 5.10 Å². The van der Waals surface area contributed by atoms with E-state index in [-0.39, 0.29) is 10.8 Å². The van der Waals surface area contributed by atoms with Crippen molar-refractivity contribution in [3.05, 3.63) is 12.7 Å². The average molecular weight is 201 g/mol. The third-order valence-electron chi connectivity index (χ3n) is 1.04. The van der Waals surface area contributed by atoms with E-state index in [9.17, 15) is 4.79 Å². The number of carboxylic acids is 1. The van der Waals surface area contributed by atoms with E-state index in [1.807, 2.05) is 0 Å². The molecule has 0 bridgehead atoms. The van der Waals surface area contributed by atoms with Crippen LogP contribution in [-0.4, -0.2) is 28.4 Å². The average Bonchev–Trinajstić information content (AvgIpc) is 2.10. The smallest absolute Gasteiger partial charge is 0.351 e. The van der Waals surface area contributed by atoms with Gasteiger partial charge in [-0.25, -0.2) is 4.79 Å². The van der Waals surface area contributed by atoms with Gasteiger partial charge in [-0.15, -0.1) is 6.58 Å². The number of thiocarbonyl (C=S) groups is 1. The Bertz CT molecular complexity index is 250. The van der Waals surface area contributed by atoms with Crippen molar-refractivity contribution in [1.82, 2.24) is 10.7 Å². The molecule has 0 radical (unpaired) electrons. The van der Waals surface area contributed by atoms with Crippen molar-refractivity contribution >= 4 is 29.0 Å². The van der Waals surface area contributed by atoms with E-state index in [0.717, 1.165) is 0 Å². The molecule has 0 aliphatic heterocycles. The van der Waals surface area contributed by atoms with Crippen molar-refractivity contribution in [2.45, 2.75) is 6.92 Å². The van der Waals surface area contributed by atoms with Crippen LogP contribution in [0.15, 0.2) is 17.8 Å². The molecule has 0 aliphatic rings. The van der Waals surface area contributed by atoms with Crippen LogP contribution in [0.3, 0.4) is 0 Å². The molecule has 0 atom stereocenters. The normalized spacial score (nSPS) is 10.4. The maximum atomic E-state index is 10.3. The molecule has 72 valence electrons. The van der Waals surface area contributed by atoms with E-state index in [2.05, 4.69) is 22.4 Å². The first-order valence-electron chi connectivity index (χ1n) is 3.50. The number of hydrazone groups is 1. The number of carboxylic acid groups (broad SMARTS) is 1. The van der Waals surface area contributed by atoms with Crippen LogP contribution in [0.2, 0.25) is 0 Å². The minimum absolute atomic E-state index is 0.0530. The Morgan fingerprint density at radius 1 is 1.77 bits per heavy atom. The van der Waals surface area contributed by atoms with Crippen molar-refractivity contribution < 1.29 is 9.90 Å². The number of hydrogen-bond acceptors (Lipinski definition) is 3. The Hall–Kier alpha value is -1.43. The zero-order chi connectivity index (χ0) is 10.3. The first-order valence-corrected chi connectivity index (χ1v) is 3.91. The van der Waals surface area contributed by atoms with Gasteiger partial charge in [0.2, 0.25) is 0 Å². The Labute approximate surface area is 81.5 Å². The molecule has 6 heteroatoms. The molecule has 0 aromatic carbocycles. The van der Waals surface area contributed by atoms with E-state index >= 15 is 0 Å². The van der Waals surface area contributed by atoms with Crippen molar-refractivity contribution in [3.63, 3.8) is 0 Å². The Morgan fingerprint density at radius 3 is 2.85 bits per heavy atom. The van der Waals surface area contributed by atoms with Gasteiger partial charge in [0.05, 0.1) is 0 Å². The van der Waals surface area contributed by atoms with E-state index in [0.29, 0.717) is 6.54 Å². The highest BCUT2D eigenvalue weighted by Crippen LogP contribution is 1.75. The molecule has 0 aromatic heterocycles. The summed E-state index contributed by atoms with van der Waals surface area (Å²) < 4.78 is 0. The fraction of sp³-hybridized carbons (Fsp3) is 0.286. The molecule has 0 aromatic rings. The SMILES string of the molecule is C=CCNC(=S)N/N=C(\C)C(=O)O. The zero-order valence-electron chi connectivity index (χ0n) is 7.20. The van der Waals surface area contributed by atoms with Crippen LogP contribution in [0, 0.1) is 0 Å². The van der Waals surface area contributed by atoms with Crippen LogP contribution in [0.5, 0.6) is 0 Å². The standard InChI is InChI=1S/C7H11N3O2S/c1-3-4-8-7(13)10-9-5(2)6(11)12/h3H,1,4H2,2H3,(H,11,12)(H2,8,10,13)/b9-5+. The molecule has 0 heterocycles. The predicted octanol–water partition coefficient (Wildman–Crippen LogP) is 0.0970. The minimum atomic E-state index is -1.08. The quantitative estimate of drug-likeness (QED) is 0.260. The summed E-state index contributed by atoms with van der Waals surface area (Å²) in [5.41, 5.74) is 2.33. The minimum Gasteiger partial charge on any atom is -0.477 e. The molecule has 0 saturated carbocycles. The van der Waals surface area contributed by atoms with Gasteiger partial charge in [0.25, 0.3) is 0 Å². The summed E-state index contributed by atoms with van der Waals surface area (Å²) in [6.07, 6.45) is 1.63. The van der Waals surface area contributed by atoms with Gasteiger partial charge in [-0.05, 0) is 19.1 Å². The Kier molecular flexibility index (Phi) is 5.45. The molecule has 0 aliphatic carbocycles. The molecule has 0 amide bonds. The molecule has 0 rings (SSSR count). The van der Waals surface area contributed by atoms with Crippen LogP contribution in [0.1, 0.15) is 6.92 Å². The van der Waals surface area contributed by atoms with Crippen molar-refractivity contribution in [1.29, 1.82) is 0 Å². The zero-order valence-corrected chi connectivity index (χ0v) is 8.02. The lowest BCUT2D eigenvalue weighted by atomic mass is 10.4. The number of nitrogens with zero attached hydrogens (tertiary/aromatic N) is 1. The molecule has 0 spiro atoms. The number of rotatable bonds is 4. The van der Waals surface area contributed by atoms with E-state index < -0.39 is 5.97 Å². The highest BCUT2D eigenvalue weighted by molar-refractivity contribution is 7.80. The third-order valence-corrected chi connectivity index (χ3v) is 1.28. The predicted molar refractivity (Wildman–Crippen MR) is 54.7 cm³/mol. The van der Waals surface area contributed by atoms with Crippen molar-refractivity contribution in [2.75, 3.05) is 6.54 Å². The molecule has 3 N–H and O–H groups in total. The molecular weight excluding hydrogens is 190 g/mol. The lowest BCUT2D eigenvalue weighted by Gasteiger charge is -2.03. The molecule has 0 saturated heterocycles. The van der Waals surface area contributed by atoms with E-state index in [1.165, 1.54) is 6.92 Å². The van der Waals surface area contributed by atoms with Gasteiger partial charge >= 0.3 is 5.97 Å². The van der Waals surface area contributed by atoms with Crippen molar-refractivity contribution in [2.24, 2.45) is 5.10 Å². The van der Waals surface area contributed by atoms with Crippen LogP contribution < -0.4 is 10.7 Å². The highest BCUT2D eigenvalue weighted by Gasteiger charge is 2.00. The number of aliphatic carboxylic acids is 1. The second-order valence-electron chi connectivity index (χ2n) is 2.11.